The topological polar surface area (TPSA) is 78.9 Å². The number of allylic oxidation sites excluding steroid dienone is 16. The van der Waals surface area contributed by atoms with E-state index in [1.54, 1.807) is 0 Å². The molecule has 0 aliphatic carbocycles. The molecule has 0 spiro atoms. The molecule has 0 aromatic carbocycles. The van der Waals surface area contributed by atoms with Crippen molar-refractivity contribution in [2.45, 2.75) is 213 Å². The summed E-state index contributed by atoms with van der Waals surface area (Å²) in [5.74, 6) is -1.03. The molecule has 0 aliphatic heterocycles. The highest BCUT2D eigenvalue weighted by molar-refractivity contribution is 5.71. The lowest BCUT2D eigenvalue weighted by Gasteiger charge is -2.18. The van der Waals surface area contributed by atoms with Gasteiger partial charge in [0.2, 0.25) is 0 Å². The average molecular weight is 833 g/mol. The molecule has 6 heteroatoms. The number of rotatable bonds is 42. The van der Waals surface area contributed by atoms with E-state index in [1.807, 2.05) is 12.2 Å². The molecular weight excluding hydrogens is 745 g/mol. The number of carbonyl (C=O) groups is 3. The minimum Gasteiger partial charge on any atom is -0.462 e. The van der Waals surface area contributed by atoms with Crippen LogP contribution in [0.2, 0.25) is 0 Å². The predicted octanol–water partition coefficient (Wildman–Crippen LogP) is 15.8. The monoisotopic (exact) mass is 833 g/mol. The van der Waals surface area contributed by atoms with Gasteiger partial charge in [-0.15, -0.1) is 0 Å². The summed E-state index contributed by atoms with van der Waals surface area (Å²) in [6.45, 7) is 6.36. The highest BCUT2D eigenvalue weighted by atomic mass is 16.6. The van der Waals surface area contributed by atoms with Crippen LogP contribution in [0.1, 0.15) is 207 Å². The summed E-state index contributed by atoms with van der Waals surface area (Å²) in [4.78, 5) is 37.8. The minimum absolute atomic E-state index is 0.115. The van der Waals surface area contributed by atoms with Gasteiger partial charge in [0.15, 0.2) is 6.10 Å². The average Bonchev–Trinajstić information content (AvgIpc) is 3.24. The molecule has 1 atom stereocenters. The van der Waals surface area contributed by atoms with Gasteiger partial charge in [0.1, 0.15) is 13.2 Å². The van der Waals surface area contributed by atoms with Crippen LogP contribution in [0.4, 0.5) is 0 Å². The molecule has 0 bridgehead atoms. The van der Waals surface area contributed by atoms with Crippen molar-refractivity contribution in [2.24, 2.45) is 0 Å². The Morgan fingerprint density at radius 2 is 0.750 bits per heavy atom. The normalized spacial score (nSPS) is 12.9. The van der Waals surface area contributed by atoms with Gasteiger partial charge in [-0.1, -0.05) is 208 Å². The number of esters is 3. The molecule has 0 saturated heterocycles. The van der Waals surface area contributed by atoms with E-state index in [1.165, 1.54) is 70.6 Å². The van der Waals surface area contributed by atoms with Crippen molar-refractivity contribution in [1.29, 1.82) is 0 Å². The van der Waals surface area contributed by atoms with Gasteiger partial charge >= 0.3 is 17.9 Å². The van der Waals surface area contributed by atoms with E-state index in [0.717, 1.165) is 89.9 Å². The van der Waals surface area contributed by atoms with E-state index in [0.29, 0.717) is 19.3 Å². The molecule has 0 aromatic heterocycles. The Morgan fingerprint density at radius 1 is 0.367 bits per heavy atom. The summed E-state index contributed by atoms with van der Waals surface area (Å²) in [6.07, 6.45) is 62.6. The smallest absolute Gasteiger partial charge is 0.306 e. The molecular formula is C54H88O6. The fourth-order valence-corrected chi connectivity index (χ4v) is 6.21. The summed E-state index contributed by atoms with van der Waals surface area (Å²) in [6, 6.07) is 0. The maximum atomic E-state index is 12.7. The van der Waals surface area contributed by atoms with E-state index in [-0.39, 0.29) is 37.5 Å². The van der Waals surface area contributed by atoms with Crippen molar-refractivity contribution in [3.63, 3.8) is 0 Å². The second-order valence-electron chi connectivity index (χ2n) is 15.7. The first kappa shape index (κ1) is 56.3. The number of ether oxygens (including phenoxy) is 3. The van der Waals surface area contributed by atoms with Crippen molar-refractivity contribution in [1.82, 2.24) is 0 Å². The Labute approximate surface area is 368 Å². The largest absolute Gasteiger partial charge is 0.462 e. The quantitative estimate of drug-likeness (QED) is 0.0200. The van der Waals surface area contributed by atoms with E-state index >= 15 is 0 Å². The van der Waals surface area contributed by atoms with Gasteiger partial charge in [0.25, 0.3) is 0 Å². The third-order valence-electron chi connectivity index (χ3n) is 9.86. The fraction of sp³-hybridized carbons (Fsp3) is 0.648. The number of hydrogen-bond acceptors (Lipinski definition) is 6. The molecule has 0 saturated carbocycles. The van der Waals surface area contributed by atoms with Crippen molar-refractivity contribution in [2.75, 3.05) is 13.2 Å². The van der Waals surface area contributed by atoms with E-state index in [9.17, 15) is 14.4 Å². The Bertz CT molecular complexity index is 1230. The lowest BCUT2D eigenvalue weighted by molar-refractivity contribution is -0.166. The molecule has 0 aliphatic rings. The summed E-state index contributed by atoms with van der Waals surface area (Å²) in [5, 5.41) is 0. The van der Waals surface area contributed by atoms with Crippen molar-refractivity contribution in [3.05, 3.63) is 97.2 Å². The first-order chi connectivity index (χ1) is 29.5. The zero-order valence-corrected chi connectivity index (χ0v) is 38.7. The molecule has 0 heterocycles. The molecule has 60 heavy (non-hydrogen) atoms. The molecule has 340 valence electrons. The second-order valence-corrected chi connectivity index (χ2v) is 15.7. The highest BCUT2D eigenvalue weighted by Crippen LogP contribution is 2.14. The van der Waals surface area contributed by atoms with Crippen molar-refractivity contribution in [3.8, 4) is 0 Å². The molecule has 0 rings (SSSR count). The highest BCUT2D eigenvalue weighted by Gasteiger charge is 2.19. The van der Waals surface area contributed by atoms with Crippen LogP contribution in [0.25, 0.3) is 0 Å². The number of carbonyl (C=O) groups excluding carboxylic acids is 3. The first-order valence-corrected chi connectivity index (χ1v) is 24.3. The number of unbranched alkanes of at least 4 members (excludes halogenated alkanes) is 16. The minimum atomic E-state index is -0.816. The van der Waals surface area contributed by atoms with Crippen LogP contribution in [0.3, 0.4) is 0 Å². The van der Waals surface area contributed by atoms with Crippen molar-refractivity contribution >= 4 is 17.9 Å². The van der Waals surface area contributed by atoms with Gasteiger partial charge in [-0.25, -0.2) is 0 Å². The van der Waals surface area contributed by atoms with Gasteiger partial charge < -0.3 is 14.2 Å². The van der Waals surface area contributed by atoms with E-state index in [2.05, 4.69) is 106 Å². The Hall–Kier alpha value is -3.67. The number of hydrogen-bond donors (Lipinski definition) is 0. The van der Waals surface area contributed by atoms with Gasteiger partial charge in [0, 0.05) is 19.3 Å². The lowest BCUT2D eigenvalue weighted by Crippen LogP contribution is -2.30. The SMILES string of the molecule is CC/C=C\C/C=C\C/C=C\C/C=C\C/C=C\C/C=C\CCC(=O)OCC(COC(=O)CCCCC/C=C\C=C/CCCC)OC(=O)CCCCCCCCCCCCCC. The Morgan fingerprint density at radius 3 is 1.23 bits per heavy atom. The van der Waals surface area contributed by atoms with Gasteiger partial charge in [-0.3, -0.25) is 14.4 Å². The zero-order chi connectivity index (χ0) is 43.7. The molecule has 6 nitrogen and oxygen atoms in total. The lowest BCUT2D eigenvalue weighted by atomic mass is 10.0. The predicted molar refractivity (Wildman–Crippen MR) is 256 cm³/mol. The van der Waals surface area contributed by atoms with Crippen LogP contribution >= 0.6 is 0 Å². The fourth-order valence-electron chi connectivity index (χ4n) is 6.21. The van der Waals surface area contributed by atoms with Crippen LogP contribution in [-0.2, 0) is 28.6 Å². The third-order valence-corrected chi connectivity index (χ3v) is 9.86. The molecule has 1 unspecified atom stereocenters. The molecule has 0 N–H and O–H groups in total. The summed E-state index contributed by atoms with van der Waals surface area (Å²) in [7, 11) is 0. The van der Waals surface area contributed by atoms with E-state index in [4.69, 9.17) is 14.2 Å². The molecule has 0 aromatic rings. The van der Waals surface area contributed by atoms with Gasteiger partial charge in [-0.05, 0) is 77.0 Å². The third kappa shape index (κ3) is 45.4. The zero-order valence-electron chi connectivity index (χ0n) is 38.7. The van der Waals surface area contributed by atoms with E-state index < -0.39 is 6.10 Å². The summed E-state index contributed by atoms with van der Waals surface area (Å²) in [5.41, 5.74) is 0. The maximum absolute atomic E-state index is 12.7. The molecule has 0 radical (unpaired) electrons. The van der Waals surface area contributed by atoms with Gasteiger partial charge in [0.05, 0.1) is 0 Å². The second kappa shape index (κ2) is 48.0. The van der Waals surface area contributed by atoms with Crippen LogP contribution in [0, 0.1) is 0 Å². The standard InChI is InChI=1S/C54H88O6/c1-4-7-10-13-16-19-22-24-25-26-27-28-29-30-33-35-38-41-44-47-53(56)59-50-51(49-58-52(55)46-43-40-37-34-31-21-18-15-12-9-6-3)60-54(57)48-45-42-39-36-32-23-20-17-14-11-8-5-2/h7,10,15-16,18-19,21,24-25,27-28,30-31,33,38,41,51H,4-6,8-9,11-14,17,20,22-23,26,29,32,34-37,39-40,42-50H2,1-3H3/b10-7-,18-15-,19-16-,25-24-,28-27-,31-21-,33-30-,41-38-. The molecule has 0 amide bonds. The summed E-state index contributed by atoms with van der Waals surface area (Å²) < 4.78 is 16.6. The van der Waals surface area contributed by atoms with Crippen LogP contribution < -0.4 is 0 Å². The Kier molecular flexibility index (Phi) is 45.1. The molecule has 0 fully saturated rings. The van der Waals surface area contributed by atoms with Gasteiger partial charge in [-0.2, -0.15) is 0 Å². The van der Waals surface area contributed by atoms with Crippen LogP contribution in [0.15, 0.2) is 97.2 Å². The van der Waals surface area contributed by atoms with Crippen LogP contribution in [0.5, 0.6) is 0 Å². The first-order valence-electron chi connectivity index (χ1n) is 24.3. The van der Waals surface area contributed by atoms with Crippen molar-refractivity contribution < 1.29 is 28.6 Å². The van der Waals surface area contributed by atoms with Crippen LogP contribution in [-0.4, -0.2) is 37.2 Å². The Balaban J connectivity index is 4.51. The summed E-state index contributed by atoms with van der Waals surface area (Å²) >= 11 is 0. The maximum Gasteiger partial charge on any atom is 0.306 e.